The Bertz CT molecular complexity index is 1000. The van der Waals surface area contributed by atoms with E-state index in [1.54, 1.807) is 18.2 Å². The molecule has 0 spiro atoms. The molecule has 27 heavy (non-hydrogen) atoms. The molecule has 1 unspecified atom stereocenters. The van der Waals surface area contributed by atoms with Crippen LogP contribution in [0.4, 0.5) is 8.78 Å². The fourth-order valence-corrected chi connectivity index (χ4v) is 4.94. The molecule has 2 aliphatic rings. The molecule has 0 fully saturated rings. The summed E-state index contributed by atoms with van der Waals surface area (Å²) in [6.45, 7) is -2.50. The minimum atomic E-state index is -3.57. The van der Waals surface area contributed by atoms with Crippen LogP contribution in [0, 0.1) is 0 Å². The standard InChI is InChI=1S/C20H19F2NO3S/c21-20(22)26-17-7-5-14-11-18(8-6-13(14)10-17)27(24,25)23-12-16-9-15-3-1-2-4-19(15)16/h1-5,7,10-11,16,20,23H,6,8-9,12H2. The quantitative estimate of drug-likeness (QED) is 0.814. The van der Waals surface area contributed by atoms with Crippen LogP contribution in [-0.4, -0.2) is 21.6 Å². The van der Waals surface area contributed by atoms with E-state index < -0.39 is 16.6 Å². The Morgan fingerprint density at radius 3 is 2.70 bits per heavy atom. The van der Waals surface area contributed by atoms with Gasteiger partial charge in [-0.2, -0.15) is 8.78 Å². The van der Waals surface area contributed by atoms with E-state index in [0.717, 1.165) is 17.5 Å². The predicted octanol–water partition coefficient (Wildman–Crippen LogP) is 3.83. The molecule has 2 aromatic carbocycles. The van der Waals surface area contributed by atoms with Gasteiger partial charge in [-0.3, -0.25) is 0 Å². The van der Waals surface area contributed by atoms with E-state index in [1.165, 1.54) is 17.2 Å². The van der Waals surface area contributed by atoms with E-state index in [0.29, 0.717) is 24.3 Å². The van der Waals surface area contributed by atoms with Crippen LogP contribution in [-0.2, 0) is 22.9 Å². The molecule has 0 amide bonds. The summed E-state index contributed by atoms with van der Waals surface area (Å²) in [6, 6.07) is 12.6. The topological polar surface area (TPSA) is 55.4 Å². The lowest BCUT2D eigenvalue weighted by Gasteiger charge is -2.30. The van der Waals surface area contributed by atoms with Crippen LogP contribution >= 0.6 is 0 Å². The maximum atomic E-state index is 12.7. The Labute approximate surface area is 156 Å². The summed E-state index contributed by atoms with van der Waals surface area (Å²) < 4.78 is 57.1. The van der Waals surface area contributed by atoms with Gasteiger partial charge >= 0.3 is 6.61 Å². The first kappa shape index (κ1) is 18.1. The molecular formula is C20H19F2NO3S. The zero-order valence-electron chi connectivity index (χ0n) is 14.5. The molecule has 1 atom stereocenters. The second kappa shape index (κ2) is 7.05. The van der Waals surface area contributed by atoms with Crippen LogP contribution in [0.3, 0.4) is 0 Å². The first-order valence-corrected chi connectivity index (χ1v) is 10.3. The number of fused-ring (bicyclic) bond motifs is 2. The summed E-state index contributed by atoms with van der Waals surface area (Å²) in [5.74, 6) is 0.298. The zero-order valence-corrected chi connectivity index (χ0v) is 15.3. The van der Waals surface area contributed by atoms with Gasteiger partial charge in [0.2, 0.25) is 10.0 Å². The molecule has 0 bridgehead atoms. The summed E-state index contributed by atoms with van der Waals surface area (Å²) in [7, 11) is -3.57. The molecule has 4 nitrogen and oxygen atoms in total. The van der Waals surface area contributed by atoms with Crippen molar-refractivity contribution in [1.82, 2.24) is 4.72 Å². The summed E-state index contributed by atoms with van der Waals surface area (Å²) in [4.78, 5) is 0.324. The van der Waals surface area contributed by atoms with Gasteiger partial charge in [-0.05, 0) is 59.7 Å². The average molecular weight is 391 g/mol. The van der Waals surface area contributed by atoms with Gasteiger partial charge in [-0.1, -0.05) is 30.3 Å². The van der Waals surface area contributed by atoms with Crippen LogP contribution in [0.1, 0.15) is 34.6 Å². The van der Waals surface area contributed by atoms with Crippen molar-refractivity contribution in [1.29, 1.82) is 0 Å². The number of ether oxygens (including phenoxy) is 1. The van der Waals surface area contributed by atoms with Gasteiger partial charge in [0.05, 0.1) is 4.91 Å². The van der Waals surface area contributed by atoms with Crippen molar-refractivity contribution in [2.24, 2.45) is 0 Å². The third kappa shape index (κ3) is 3.75. The number of hydrogen-bond donors (Lipinski definition) is 1. The van der Waals surface area contributed by atoms with Gasteiger partial charge in [0.15, 0.2) is 0 Å². The number of alkyl halides is 2. The lowest BCUT2D eigenvalue weighted by molar-refractivity contribution is -0.0498. The molecule has 0 heterocycles. The Balaban J connectivity index is 1.46. The van der Waals surface area contributed by atoms with E-state index in [-0.39, 0.29) is 11.7 Å². The highest BCUT2D eigenvalue weighted by Gasteiger charge is 2.28. The summed E-state index contributed by atoms with van der Waals surface area (Å²) in [5, 5.41) is 0. The minimum absolute atomic E-state index is 0.0882. The third-order valence-corrected chi connectivity index (χ3v) is 6.68. The van der Waals surface area contributed by atoms with Gasteiger partial charge in [0.1, 0.15) is 5.75 Å². The third-order valence-electron chi connectivity index (χ3n) is 5.12. The van der Waals surface area contributed by atoms with Crippen molar-refractivity contribution in [3.63, 3.8) is 0 Å². The zero-order chi connectivity index (χ0) is 19.0. The van der Waals surface area contributed by atoms with Gasteiger partial charge in [-0.25, -0.2) is 13.1 Å². The van der Waals surface area contributed by atoms with Crippen molar-refractivity contribution in [2.45, 2.75) is 31.8 Å². The molecule has 4 rings (SSSR count). The fourth-order valence-electron chi connectivity index (χ4n) is 3.68. The van der Waals surface area contributed by atoms with E-state index in [2.05, 4.69) is 15.5 Å². The van der Waals surface area contributed by atoms with E-state index in [4.69, 9.17) is 0 Å². The SMILES string of the molecule is O=S(=O)(NCC1Cc2ccccc21)C1=Cc2ccc(OC(F)F)cc2CC1. The van der Waals surface area contributed by atoms with E-state index >= 15 is 0 Å². The molecule has 0 saturated heterocycles. The summed E-state index contributed by atoms with van der Waals surface area (Å²) in [5.41, 5.74) is 4.00. The molecule has 0 aromatic heterocycles. The van der Waals surface area contributed by atoms with E-state index in [9.17, 15) is 17.2 Å². The maximum absolute atomic E-state index is 12.7. The molecular weight excluding hydrogens is 372 g/mol. The Kier molecular flexibility index (Phi) is 4.74. The second-order valence-corrected chi connectivity index (χ2v) is 8.62. The molecule has 142 valence electrons. The molecule has 2 aromatic rings. The van der Waals surface area contributed by atoms with Crippen LogP contribution in [0.25, 0.3) is 6.08 Å². The van der Waals surface area contributed by atoms with Crippen molar-refractivity contribution in [3.05, 3.63) is 69.6 Å². The lowest BCUT2D eigenvalue weighted by atomic mass is 9.78. The normalized spacial score (nSPS) is 18.3. The highest BCUT2D eigenvalue weighted by molar-refractivity contribution is 7.93. The number of aryl methyl sites for hydroxylation is 1. The summed E-state index contributed by atoms with van der Waals surface area (Å²) in [6.07, 6.45) is 3.30. The van der Waals surface area contributed by atoms with Crippen molar-refractivity contribution in [3.8, 4) is 5.75 Å². The number of allylic oxidation sites excluding steroid dienone is 1. The van der Waals surface area contributed by atoms with Gasteiger partial charge < -0.3 is 4.74 Å². The van der Waals surface area contributed by atoms with Gasteiger partial charge in [0.25, 0.3) is 0 Å². The number of halogens is 2. The molecule has 0 radical (unpaired) electrons. The summed E-state index contributed by atoms with van der Waals surface area (Å²) >= 11 is 0. The van der Waals surface area contributed by atoms with Crippen LogP contribution in [0.2, 0.25) is 0 Å². The Morgan fingerprint density at radius 2 is 1.93 bits per heavy atom. The molecule has 0 aliphatic heterocycles. The monoisotopic (exact) mass is 391 g/mol. The van der Waals surface area contributed by atoms with Crippen molar-refractivity contribution in [2.75, 3.05) is 6.54 Å². The van der Waals surface area contributed by atoms with Crippen molar-refractivity contribution < 1.29 is 21.9 Å². The second-order valence-electron chi connectivity index (χ2n) is 6.80. The number of sulfonamides is 1. The van der Waals surface area contributed by atoms with Gasteiger partial charge in [0, 0.05) is 12.5 Å². The van der Waals surface area contributed by atoms with Crippen LogP contribution in [0.15, 0.2) is 47.4 Å². The fraction of sp³-hybridized carbons (Fsp3) is 0.300. The number of benzene rings is 2. The Morgan fingerprint density at radius 1 is 1.11 bits per heavy atom. The average Bonchev–Trinajstić information content (AvgIpc) is 2.61. The molecule has 7 heteroatoms. The molecule has 0 saturated carbocycles. The van der Waals surface area contributed by atoms with E-state index in [1.807, 2.05) is 18.2 Å². The Hall–Kier alpha value is -2.25. The number of rotatable bonds is 6. The predicted molar refractivity (Wildman–Crippen MR) is 99.2 cm³/mol. The highest BCUT2D eigenvalue weighted by atomic mass is 32.2. The molecule has 1 N–H and O–H groups in total. The van der Waals surface area contributed by atoms with Crippen molar-refractivity contribution >= 4 is 16.1 Å². The van der Waals surface area contributed by atoms with Crippen LogP contribution in [0.5, 0.6) is 5.75 Å². The molecule has 2 aliphatic carbocycles. The smallest absolute Gasteiger partial charge is 0.387 e. The minimum Gasteiger partial charge on any atom is -0.435 e. The lowest BCUT2D eigenvalue weighted by Crippen LogP contribution is -2.34. The highest BCUT2D eigenvalue weighted by Crippen LogP contribution is 2.35. The number of hydrogen-bond acceptors (Lipinski definition) is 3. The number of nitrogens with one attached hydrogen (secondary N) is 1. The van der Waals surface area contributed by atoms with Crippen LogP contribution < -0.4 is 9.46 Å². The largest absolute Gasteiger partial charge is 0.435 e. The maximum Gasteiger partial charge on any atom is 0.387 e. The first-order chi connectivity index (χ1) is 12.9. The first-order valence-electron chi connectivity index (χ1n) is 8.78. The van der Waals surface area contributed by atoms with Gasteiger partial charge in [-0.15, -0.1) is 0 Å².